The second-order valence-electron chi connectivity index (χ2n) is 4.79. The van der Waals surface area contributed by atoms with Crippen molar-refractivity contribution in [2.45, 2.75) is 9.79 Å². The lowest BCUT2D eigenvalue weighted by Gasteiger charge is -2.27. The topological polar surface area (TPSA) is 61.4 Å². The molecule has 2 N–H and O–H groups in total. The van der Waals surface area contributed by atoms with Gasteiger partial charge < -0.3 is 5.32 Å². The number of piperazine rings is 1. The van der Waals surface area contributed by atoms with Crippen molar-refractivity contribution >= 4 is 58.2 Å². The summed E-state index contributed by atoms with van der Waals surface area (Å²) in [6, 6.07) is 4.82. The average Bonchev–Trinajstić information content (AvgIpc) is 2.48. The molecular formula is C13H22Cl3N3O2S2. The van der Waals surface area contributed by atoms with Crippen molar-refractivity contribution in [2.24, 2.45) is 0 Å². The van der Waals surface area contributed by atoms with Crippen LogP contribution in [0.25, 0.3) is 0 Å². The predicted molar refractivity (Wildman–Crippen MR) is 102 cm³/mol. The highest BCUT2D eigenvalue weighted by Crippen LogP contribution is 2.27. The number of sulfonamides is 1. The molecule has 0 bridgehead atoms. The van der Waals surface area contributed by atoms with E-state index in [4.69, 9.17) is 11.6 Å². The van der Waals surface area contributed by atoms with Crippen molar-refractivity contribution < 1.29 is 8.42 Å². The van der Waals surface area contributed by atoms with Crippen molar-refractivity contribution in [2.75, 3.05) is 45.5 Å². The maximum atomic E-state index is 12.2. The molecule has 0 unspecified atom stereocenters. The molecule has 10 heteroatoms. The van der Waals surface area contributed by atoms with Gasteiger partial charge in [0.15, 0.2) is 0 Å². The van der Waals surface area contributed by atoms with Gasteiger partial charge in [0.2, 0.25) is 10.0 Å². The average molecular weight is 423 g/mol. The molecule has 1 aromatic rings. The van der Waals surface area contributed by atoms with Gasteiger partial charge in [0, 0.05) is 44.2 Å². The summed E-state index contributed by atoms with van der Waals surface area (Å²) < 4.78 is 27.1. The number of nitrogens with zero attached hydrogens (tertiary/aromatic N) is 1. The predicted octanol–water partition coefficient (Wildman–Crippen LogP) is 2.09. The molecule has 1 fully saturated rings. The molecule has 0 amide bonds. The van der Waals surface area contributed by atoms with Crippen molar-refractivity contribution in [3.63, 3.8) is 0 Å². The van der Waals surface area contributed by atoms with Crippen LogP contribution in [-0.2, 0) is 10.0 Å². The van der Waals surface area contributed by atoms with Crippen molar-refractivity contribution in [1.29, 1.82) is 0 Å². The van der Waals surface area contributed by atoms with E-state index in [-0.39, 0.29) is 29.7 Å². The Morgan fingerprint density at radius 2 is 1.96 bits per heavy atom. The van der Waals surface area contributed by atoms with Gasteiger partial charge in [-0.25, -0.2) is 13.1 Å². The molecule has 0 saturated carbocycles. The fourth-order valence-electron chi connectivity index (χ4n) is 2.17. The summed E-state index contributed by atoms with van der Waals surface area (Å²) in [5.74, 6) is 0. The zero-order valence-electron chi connectivity index (χ0n) is 12.7. The van der Waals surface area contributed by atoms with Crippen molar-refractivity contribution in [1.82, 2.24) is 14.9 Å². The van der Waals surface area contributed by atoms with E-state index >= 15 is 0 Å². The second kappa shape index (κ2) is 11.0. The van der Waals surface area contributed by atoms with E-state index in [1.54, 1.807) is 12.1 Å². The number of rotatable bonds is 6. The zero-order valence-corrected chi connectivity index (χ0v) is 16.8. The van der Waals surface area contributed by atoms with Crippen LogP contribution < -0.4 is 10.0 Å². The van der Waals surface area contributed by atoms with Crippen LogP contribution in [0.1, 0.15) is 0 Å². The summed E-state index contributed by atoms with van der Waals surface area (Å²) in [5, 5.41) is 3.73. The van der Waals surface area contributed by atoms with E-state index in [1.807, 2.05) is 6.26 Å². The Hall–Kier alpha value is 0.270. The molecule has 0 radical (unpaired) electrons. The van der Waals surface area contributed by atoms with Crippen molar-refractivity contribution in [3.05, 3.63) is 23.2 Å². The summed E-state index contributed by atoms with van der Waals surface area (Å²) >= 11 is 7.55. The fraction of sp³-hybridized carbons (Fsp3) is 0.538. The number of benzene rings is 1. The van der Waals surface area contributed by atoms with E-state index in [0.29, 0.717) is 11.6 Å². The molecule has 134 valence electrons. The quantitative estimate of drug-likeness (QED) is 0.687. The van der Waals surface area contributed by atoms with Gasteiger partial charge >= 0.3 is 0 Å². The molecular weight excluding hydrogens is 401 g/mol. The molecule has 1 heterocycles. The summed E-state index contributed by atoms with van der Waals surface area (Å²) in [7, 11) is -3.49. The van der Waals surface area contributed by atoms with E-state index in [9.17, 15) is 8.42 Å². The first-order valence-electron chi connectivity index (χ1n) is 6.79. The Kier molecular flexibility index (Phi) is 11.1. The van der Waals surface area contributed by atoms with Gasteiger partial charge in [0.05, 0.1) is 9.92 Å². The molecule has 1 aliphatic heterocycles. The molecule has 0 aromatic heterocycles. The van der Waals surface area contributed by atoms with Gasteiger partial charge in [0.25, 0.3) is 0 Å². The highest BCUT2D eigenvalue weighted by Gasteiger charge is 2.16. The van der Waals surface area contributed by atoms with Crippen LogP contribution in [0.2, 0.25) is 5.02 Å². The third-order valence-corrected chi connectivity index (χ3v) is 6.04. The van der Waals surface area contributed by atoms with Gasteiger partial charge in [-0.3, -0.25) is 4.90 Å². The smallest absolute Gasteiger partial charge is 0.240 e. The minimum absolute atomic E-state index is 0. The van der Waals surface area contributed by atoms with Gasteiger partial charge in [-0.15, -0.1) is 36.6 Å². The molecule has 0 aliphatic carbocycles. The van der Waals surface area contributed by atoms with Gasteiger partial charge in [-0.1, -0.05) is 11.6 Å². The third-order valence-electron chi connectivity index (χ3n) is 3.36. The van der Waals surface area contributed by atoms with E-state index in [2.05, 4.69) is 14.9 Å². The summed E-state index contributed by atoms with van der Waals surface area (Å²) in [5.41, 5.74) is 0. The highest BCUT2D eigenvalue weighted by atomic mass is 35.5. The maximum absolute atomic E-state index is 12.2. The minimum atomic E-state index is -3.49. The Morgan fingerprint density at radius 3 is 2.52 bits per heavy atom. The lowest BCUT2D eigenvalue weighted by atomic mass is 10.3. The monoisotopic (exact) mass is 421 g/mol. The van der Waals surface area contributed by atoms with Crippen LogP contribution in [0.3, 0.4) is 0 Å². The number of thioether (sulfide) groups is 1. The van der Waals surface area contributed by atoms with Crippen LogP contribution in [0.5, 0.6) is 0 Å². The lowest BCUT2D eigenvalue weighted by Crippen LogP contribution is -2.46. The Labute approximate surface area is 159 Å². The van der Waals surface area contributed by atoms with Crippen LogP contribution in [0.15, 0.2) is 28.0 Å². The normalized spacial score (nSPS) is 15.6. The molecule has 1 aliphatic rings. The first kappa shape index (κ1) is 23.3. The number of nitrogens with one attached hydrogen (secondary N) is 2. The number of hydrogen-bond acceptors (Lipinski definition) is 5. The number of hydrogen-bond donors (Lipinski definition) is 2. The van der Waals surface area contributed by atoms with Crippen molar-refractivity contribution in [3.8, 4) is 0 Å². The molecule has 0 spiro atoms. The molecule has 1 aromatic carbocycles. The Morgan fingerprint density at radius 1 is 1.30 bits per heavy atom. The first-order chi connectivity index (χ1) is 10.0. The summed E-state index contributed by atoms with van der Waals surface area (Å²) in [6.45, 7) is 4.95. The van der Waals surface area contributed by atoms with Crippen LogP contribution >= 0.6 is 48.2 Å². The molecule has 0 atom stereocenters. The molecule has 5 nitrogen and oxygen atoms in total. The second-order valence-corrected chi connectivity index (χ2v) is 7.81. The minimum Gasteiger partial charge on any atom is -0.314 e. The molecule has 2 rings (SSSR count). The van der Waals surface area contributed by atoms with Crippen LogP contribution in [0, 0.1) is 0 Å². The molecule has 1 saturated heterocycles. The van der Waals surface area contributed by atoms with Crippen LogP contribution in [0.4, 0.5) is 0 Å². The fourth-order valence-corrected chi connectivity index (χ4v) is 4.15. The third kappa shape index (κ3) is 6.96. The Bertz CT molecular complexity index is 582. The maximum Gasteiger partial charge on any atom is 0.240 e. The SMILES string of the molecule is CSc1ccc(S(=O)(=O)NCCN2CCNCC2)cc1Cl.Cl.Cl. The van der Waals surface area contributed by atoms with E-state index in [1.165, 1.54) is 17.8 Å². The van der Waals surface area contributed by atoms with E-state index in [0.717, 1.165) is 37.6 Å². The van der Waals surface area contributed by atoms with Gasteiger partial charge in [-0.2, -0.15) is 0 Å². The summed E-state index contributed by atoms with van der Waals surface area (Å²) in [6.07, 6.45) is 1.90. The van der Waals surface area contributed by atoms with Gasteiger partial charge in [0.1, 0.15) is 0 Å². The number of halogens is 3. The standard InChI is InChI=1S/C13H20ClN3O2S2.2ClH/c1-20-13-3-2-11(10-12(13)14)21(18,19)16-6-9-17-7-4-15-5-8-17;;/h2-3,10,15-16H,4-9H2,1H3;2*1H. The lowest BCUT2D eigenvalue weighted by molar-refractivity contribution is 0.245. The Balaban J connectivity index is 0.00000242. The first-order valence-corrected chi connectivity index (χ1v) is 9.88. The van der Waals surface area contributed by atoms with Crippen LogP contribution in [-0.4, -0.2) is 58.8 Å². The van der Waals surface area contributed by atoms with Gasteiger partial charge in [-0.05, 0) is 24.5 Å². The van der Waals surface area contributed by atoms with E-state index < -0.39 is 10.0 Å². The summed E-state index contributed by atoms with van der Waals surface area (Å²) in [4.78, 5) is 3.32. The molecule has 23 heavy (non-hydrogen) atoms. The largest absolute Gasteiger partial charge is 0.314 e. The highest BCUT2D eigenvalue weighted by molar-refractivity contribution is 7.98. The zero-order chi connectivity index (χ0) is 15.3.